The van der Waals surface area contributed by atoms with Crippen LogP contribution >= 0.6 is 0 Å². The molecular weight excluding hydrogens is 232 g/mol. The summed E-state index contributed by atoms with van der Waals surface area (Å²) in [6.45, 7) is 0.725. The second kappa shape index (κ2) is 3.87. The number of alkyl halides is 6. The molecule has 0 bridgehead atoms. The standard InChI is InChI=1S/C6H7F6NO2/c1-3(13-15)2-4(14,5(7,8)9)6(10,11)12/h14-15H,2H2,1H3/b13-3+. The van der Waals surface area contributed by atoms with Gasteiger partial charge >= 0.3 is 12.4 Å². The van der Waals surface area contributed by atoms with Crippen LogP contribution in [0.2, 0.25) is 0 Å². The molecule has 0 aromatic heterocycles. The van der Waals surface area contributed by atoms with Gasteiger partial charge in [0.25, 0.3) is 5.60 Å². The van der Waals surface area contributed by atoms with E-state index in [2.05, 4.69) is 5.16 Å². The SMILES string of the molecule is C/C(CC(O)(C(F)(F)F)C(F)(F)F)=N\O. The molecule has 15 heavy (non-hydrogen) atoms. The second-order valence-electron chi connectivity index (χ2n) is 2.87. The minimum atomic E-state index is -5.89. The number of rotatable bonds is 2. The van der Waals surface area contributed by atoms with Gasteiger partial charge in [-0.3, -0.25) is 0 Å². The van der Waals surface area contributed by atoms with Crippen molar-refractivity contribution >= 4 is 5.71 Å². The van der Waals surface area contributed by atoms with Gasteiger partial charge in [0.1, 0.15) is 0 Å². The van der Waals surface area contributed by atoms with Crippen molar-refractivity contribution in [2.24, 2.45) is 5.16 Å². The summed E-state index contributed by atoms with van der Waals surface area (Å²) in [6, 6.07) is 0. The Hall–Kier alpha value is -0.990. The molecule has 3 nitrogen and oxygen atoms in total. The molecule has 90 valence electrons. The third kappa shape index (κ3) is 2.74. The molecule has 0 spiro atoms. The van der Waals surface area contributed by atoms with Crippen molar-refractivity contribution in [2.45, 2.75) is 31.3 Å². The topological polar surface area (TPSA) is 52.8 Å². The third-order valence-electron chi connectivity index (χ3n) is 1.62. The van der Waals surface area contributed by atoms with E-state index in [1.54, 1.807) is 0 Å². The summed E-state index contributed by atoms with van der Waals surface area (Å²) in [5, 5.41) is 18.7. The average molecular weight is 239 g/mol. The lowest BCUT2D eigenvalue weighted by Gasteiger charge is -2.31. The molecule has 0 fully saturated rings. The highest BCUT2D eigenvalue weighted by Crippen LogP contribution is 2.45. The van der Waals surface area contributed by atoms with Crippen LogP contribution in [0.15, 0.2) is 5.16 Å². The van der Waals surface area contributed by atoms with Gasteiger partial charge in [0.15, 0.2) is 0 Å². The van der Waals surface area contributed by atoms with Crippen LogP contribution in [0.25, 0.3) is 0 Å². The fraction of sp³-hybridized carbons (Fsp3) is 0.833. The predicted octanol–water partition coefficient (Wildman–Crippen LogP) is 2.08. The first-order chi connectivity index (χ1) is 6.45. The molecule has 0 rings (SSSR count). The minimum absolute atomic E-state index is 0.725. The average Bonchev–Trinajstić information content (AvgIpc) is 1.99. The highest BCUT2D eigenvalue weighted by Gasteiger charge is 2.70. The summed E-state index contributed by atoms with van der Waals surface area (Å²) in [5.41, 5.74) is -5.77. The highest BCUT2D eigenvalue weighted by molar-refractivity contribution is 5.82. The lowest BCUT2D eigenvalue weighted by molar-refractivity contribution is -0.365. The number of hydrogen-bond donors (Lipinski definition) is 2. The van der Waals surface area contributed by atoms with Crippen LogP contribution in [-0.2, 0) is 0 Å². The quantitative estimate of drug-likeness (QED) is 0.335. The zero-order valence-corrected chi connectivity index (χ0v) is 7.32. The van der Waals surface area contributed by atoms with Crippen LogP contribution in [0, 0.1) is 0 Å². The van der Waals surface area contributed by atoms with Gasteiger partial charge in [-0.1, -0.05) is 5.16 Å². The van der Waals surface area contributed by atoms with Crippen LogP contribution in [0.1, 0.15) is 13.3 Å². The molecule has 0 aromatic rings. The Morgan fingerprint density at radius 2 is 1.40 bits per heavy atom. The van der Waals surface area contributed by atoms with E-state index in [4.69, 9.17) is 10.3 Å². The maximum absolute atomic E-state index is 12.0. The minimum Gasteiger partial charge on any atom is -0.411 e. The summed E-state index contributed by atoms with van der Waals surface area (Å²) in [4.78, 5) is 0. The van der Waals surface area contributed by atoms with Gasteiger partial charge in [-0.15, -0.1) is 0 Å². The maximum atomic E-state index is 12.0. The number of oxime groups is 1. The Kier molecular flexibility index (Phi) is 3.62. The number of hydrogen-bond acceptors (Lipinski definition) is 3. The van der Waals surface area contributed by atoms with Gasteiger partial charge in [-0.05, 0) is 6.92 Å². The molecule has 0 radical (unpaired) electrons. The van der Waals surface area contributed by atoms with Crippen molar-refractivity contribution in [1.82, 2.24) is 0 Å². The Bertz CT molecular complexity index is 241. The van der Waals surface area contributed by atoms with Crippen molar-refractivity contribution in [1.29, 1.82) is 0 Å². The van der Waals surface area contributed by atoms with E-state index >= 15 is 0 Å². The summed E-state index contributed by atoms with van der Waals surface area (Å²) in [6.07, 6.45) is -13.6. The Labute approximate surface area is 80.0 Å². The first-order valence-electron chi connectivity index (χ1n) is 3.49. The van der Waals surface area contributed by atoms with Gasteiger partial charge in [-0.25, -0.2) is 0 Å². The molecule has 0 aromatic carbocycles. The van der Waals surface area contributed by atoms with E-state index in [0.717, 1.165) is 6.92 Å². The molecular formula is C6H7F6NO2. The third-order valence-corrected chi connectivity index (χ3v) is 1.62. The van der Waals surface area contributed by atoms with Crippen molar-refractivity contribution in [3.8, 4) is 0 Å². The molecule has 0 aliphatic heterocycles. The molecule has 0 saturated heterocycles. The molecule has 0 amide bonds. The van der Waals surface area contributed by atoms with Crippen molar-refractivity contribution in [3.63, 3.8) is 0 Å². The second-order valence-corrected chi connectivity index (χ2v) is 2.87. The Morgan fingerprint density at radius 3 is 1.60 bits per heavy atom. The fourth-order valence-corrected chi connectivity index (χ4v) is 0.767. The molecule has 0 heterocycles. The largest absolute Gasteiger partial charge is 0.426 e. The fourth-order valence-electron chi connectivity index (χ4n) is 0.767. The van der Waals surface area contributed by atoms with Gasteiger partial charge < -0.3 is 10.3 Å². The predicted molar refractivity (Wildman–Crippen MR) is 36.6 cm³/mol. The lowest BCUT2D eigenvalue weighted by Crippen LogP contribution is -2.57. The van der Waals surface area contributed by atoms with Crippen molar-refractivity contribution < 1.29 is 36.7 Å². The van der Waals surface area contributed by atoms with Crippen molar-refractivity contribution in [2.75, 3.05) is 0 Å². The molecule has 0 aliphatic rings. The first kappa shape index (κ1) is 14.0. The molecule has 0 saturated carbocycles. The number of halogens is 6. The molecule has 0 unspecified atom stereocenters. The summed E-state index contributed by atoms with van der Waals surface area (Å²) in [7, 11) is 0. The monoisotopic (exact) mass is 239 g/mol. The highest BCUT2D eigenvalue weighted by atomic mass is 19.4. The number of nitrogens with zero attached hydrogens (tertiary/aromatic N) is 1. The molecule has 0 atom stereocenters. The van der Waals surface area contributed by atoms with E-state index in [9.17, 15) is 26.3 Å². The van der Waals surface area contributed by atoms with Gasteiger partial charge in [0, 0.05) is 6.42 Å². The Balaban J connectivity index is 5.25. The summed E-state index contributed by atoms with van der Waals surface area (Å²) >= 11 is 0. The van der Waals surface area contributed by atoms with Gasteiger partial charge in [0.05, 0.1) is 5.71 Å². The van der Waals surface area contributed by atoms with Crippen LogP contribution in [0.4, 0.5) is 26.3 Å². The number of aliphatic hydroxyl groups is 1. The molecule has 0 aliphatic carbocycles. The van der Waals surface area contributed by atoms with E-state index in [0.29, 0.717) is 0 Å². The zero-order valence-electron chi connectivity index (χ0n) is 7.32. The van der Waals surface area contributed by atoms with Gasteiger partial charge in [-0.2, -0.15) is 26.3 Å². The zero-order chi connectivity index (χ0) is 12.5. The van der Waals surface area contributed by atoms with E-state index in [-0.39, 0.29) is 0 Å². The first-order valence-corrected chi connectivity index (χ1v) is 3.49. The Morgan fingerprint density at radius 1 is 1.07 bits per heavy atom. The van der Waals surface area contributed by atoms with Crippen molar-refractivity contribution in [3.05, 3.63) is 0 Å². The lowest BCUT2D eigenvalue weighted by atomic mass is 9.95. The van der Waals surface area contributed by atoms with E-state index in [1.807, 2.05) is 0 Å². The van der Waals surface area contributed by atoms with Crippen LogP contribution < -0.4 is 0 Å². The summed E-state index contributed by atoms with van der Waals surface area (Å²) in [5.74, 6) is 0. The smallest absolute Gasteiger partial charge is 0.411 e. The molecule has 2 N–H and O–H groups in total. The van der Waals surface area contributed by atoms with E-state index in [1.165, 1.54) is 0 Å². The maximum Gasteiger partial charge on any atom is 0.426 e. The normalized spacial score (nSPS) is 15.6. The van der Waals surface area contributed by atoms with Crippen LogP contribution in [-0.4, -0.2) is 34.0 Å². The molecule has 9 heteroatoms. The van der Waals surface area contributed by atoms with E-state index < -0.39 is 30.1 Å². The van der Waals surface area contributed by atoms with Gasteiger partial charge in [0.2, 0.25) is 0 Å². The van der Waals surface area contributed by atoms with Crippen LogP contribution in [0.5, 0.6) is 0 Å². The summed E-state index contributed by atoms with van der Waals surface area (Å²) < 4.78 is 71.9. The van der Waals surface area contributed by atoms with Crippen LogP contribution in [0.3, 0.4) is 0 Å².